The smallest absolute Gasteiger partial charge is 0.201 e. The molecule has 104 valence electrons. The zero-order valence-corrected chi connectivity index (χ0v) is 12.8. The summed E-state index contributed by atoms with van der Waals surface area (Å²) in [5.41, 5.74) is 8.05. The van der Waals surface area contributed by atoms with Crippen LogP contribution in [0.15, 0.2) is 35.7 Å². The van der Waals surface area contributed by atoms with Crippen LogP contribution in [0.1, 0.15) is 30.7 Å². The molecule has 0 aliphatic rings. The number of nitrogen functional groups attached to an aromatic ring is 1. The van der Waals surface area contributed by atoms with Crippen molar-refractivity contribution in [1.82, 2.24) is 9.55 Å². The second-order valence-electron chi connectivity index (χ2n) is 4.79. The summed E-state index contributed by atoms with van der Waals surface area (Å²) < 4.78 is 2.11. The Morgan fingerprint density at radius 2 is 2.25 bits per heavy atom. The fourth-order valence-electron chi connectivity index (χ4n) is 2.57. The molecule has 0 amide bonds. The Bertz CT molecular complexity index is 718. The molecule has 20 heavy (non-hydrogen) atoms. The van der Waals surface area contributed by atoms with Gasteiger partial charge in [0.15, 0.2) is 0 Å². The molecule has 0 saturated heterocycles. The van der Waals surface area contributed by atoms with Crippen molar-refractivity contribution in [3.8, 4) is 0 Å². The van der Waals surface area contributed by atoms with Gasteiger partial charge in [0.05, 0.1) is 17.1 Å². The van der Waals surface area contributed by atoms with Crippen LogP contribution >= 0.6 is 22.9 Å². The van der Waals surface area contributed by atoms with Crippen LogP contribution in [0.2, 0.25) is 5.02 Å². The summed E-state index contributed by atoms with van der Waals surface area (Å²) >= 11 is 7.88. The average molecular weight is 306 g/mol. The summed E-state index contributed by atoms with van der Waals surface area (Å²) in [5, 5.41) is 2.81. The number of nitrogens with zero attached hydrogens (tertiary/aromatic N) is 2. The molecule has 0 spiro atoms. The zero-order valence-electron chi connectivity index (χ0n) is 11.2. The molecular weight excluding hydrogens is 290 g/mol. The minimum Gasteiger partial charge on any atom is -0.369 e. The highest BCUT2D eigenvalue weighted by Crippen LogP contribution is 2.33. The van der Waals surface area contributed by atoms with Gasteiger partial charge in [-0.05, 0) is 36.1 Å². The minimum absolute atomic E-state index is 0.225. The number of hydrogen-bond donors (Lipinski definition) is 1. The molecule has 0 saturated carbocycles. The average Bonchev–Trinajstić information content (AvgIpc) is 3.04. The highest BCUT2D eigenvalue weighted by atomic mass is 35.5. The molecule has 0 aliphatic carbocycles. The molecule has 3 rings (SSSR count). The standard InChI is InChI=1S/C15H16ClN3S/c1-2-4-12(14-5-3-8-20-14)19-13-9-10(16)6-7-11(13)18-15(19)17/h3,5-9,12H,2,4H2,1H3,(H2,17,18). The first-order chi connectivity index (χ1) is 9.70. The molecule has 1 aromatic carbocycles. The lowest BCUT2D eigenvalue weighted by Gasteiger charge is -2.19. The van der Waals surface area contributed by atoms with Crippen molar-refractivity contribution in [3.63, 3.8) is 0 Å². The van der Waals surface area contributed by atoms with Crippen molar-refractivity contribution >= 4 is 39.9 Å². The van der Waals surface area contributed by atoms with Gasteiger partial charge in [-0.2, -0.15) is 0 Å². The van der Waals surface area contributed by atoms with Crippen LogP contribution in [-0.4, -0.2) is 9.55 Å². The van der Waals surface area contributed by atoms with Gasteiger partial charge in [-0.15, -0.1) is 11.3 Å². The Kier molecular flexibility index (Phi) is 3.68. The van der Waals surface area contributed by atoms with Crippen LogP contribution < -0.4 is 5.73 Å². The first kappa shape index (κ1) is 13.5. The van der Waals surface area contributed by atoms with Crippen LogP contribution in [0, 0.1) is 0 Å². The van der Waals surface area contributed by atoms with Crippen molar-refractivity contribution in [1.29, 1.82) is 0 Å². The maximum Gasteiger partial charge on any atom is 0.201 e. The number of thiophene rings is 1. The normalized spacial score (nSPS) is 12.9. The van der Waals surface area contributed by atoms with E-state index >= 15 is 0 Å². The van der Waals surface area contributed by atoms with Crippen molar-refractivity contribution < 1.29 is 0 Å². The van der Waals surface area contributed by atoms with Crippen LogP contribution in [0.3, 0.4) is 0 Å². The van der Waals surface area contributed by atoms with E-state index in [1.807, 2.05) is 18.2 Å². The Balaban J connectivity index is 2.20. The fourth-order valence-corrected chi connectivity index (χ4v) is 3.58. The van der Waals surface area contributed by atoms with E-state index in [0.29, 0.717) is 11.0 Å². The highest BCUT2D eigenvalue weighted by molar-refractivity contribution is 7.10. The van der Waals surface area contributed by atoms with Gasteiger partial charge in [-0.25, -0.2) is 4.98 Å². The molecule has 0 aliphatic heterocycles. The Hall–Kier alpha value is -1.52. The summed E-state index contributed by atoms with van der Waals surface area (Å²) in [7, 11) is 0. The number of hydrogen-bond acceptors (Lipinski definition) is 3. The monoisotopic (exact) mass is 305 g/mol. The third kappa shape index (κ3) is 2.30. The number of anilines is 1. The van der Waals surface area contributed by atoms with E-state index in [4.69, 9.17) is 17.3 Å². The van der Waals surface area contributed by atoms with Gasteiger partial charge >= 0.3 is 0 Å². The van der Waals surface area contributed by atoms with Crippen molar-refractivity contribution in [2.75, 3.05) is 5.73 Å². The summed E-state index contributed by atoms with van der Waals surface area (Å²) in [4.78, 5) is 5.76. The molecule has 2 heterocycles. The van der Waals surface area contributed by atoms with Gasteiger partial charge in [0, 0.05) is 9.90 Å². The summed E-state index contributed by atoms with van der Waals surface area (Å²) in [6.45, 7) is 2.18. The molecule has 0 radical (unpaired) electrons. The Morgan fingerprint density at radius 1 is 1.40 bits per heavy atom. The van der Waals surface area contributed by atoms with E-state index in [0.717, 1.165) is 23.9 Å². The molecule has 3 aromatic rings. The van der Waals surface area contributed by atoms with E-state index in [1.54, 1.807) is 11.3 Å². The Labute approximate surface area is 127 Å². The number of halogens is 1. The van der Waals surface area contributed by atoms with Gasteiger partial charge in [0.2, 0.25) is 5.95 Å². The molecule has 2 aromatic heterocycles. The SMILES string of the molecule is CCCC(c1cccs1)n1c(N)nc2ccc(Cl)cc21. The second kappa shape index (κ2) is 5.46. The highest BCUT2D eigenvalue weighted by Gasteiger charge is 2.20. The quantitative estimate of drug-likeness (QED) is 0.757. The number of fused-ring (bicyclic) bond motifs is 1. The molecule has 3 nitrogen and oxygen atoms in total. The van der Waals surface area contributed by atoms with Crippen molar-refractivity contribution in [3.05, 3.63) is 45.6 Å². The first-order valence-corrected chi connectivity index (χ1v) is 7.93. The third-order valence-corrected chi connectivity index (χ3v) is 4.63. The lowest BCUT2D eigenvalue weighted by atomic mass is 10.1. The van der Waals surface area contributed by atoms with E-state index in [1.165, 1.54) is 4.88 Å². The molecule has 1 unspecified atom stereocenters. The number of imidazole rings is 1. The predicted molar refractivity (Wildman–Crippen MR) is 86.5 cm³/mol. The molecule has 5 heteroatoms. The Morgan fingerprint density at radius 3 is 2.95 bits per heavy atom. The van der Waals surface area contributed by atoms with Gasteiger partial charge in [-0.1, -0.05) is 31.0 Å². The van der Waals surface area contributed by atoms with Gasteiger partial charge in [-0.3, -0.25) is 0 Å². The van der Waals surface area contributed by atoms with Gasteiger partial charge in [0.1, 0.15) is 0 Å². The van der Waals surface area contributed by atoms with Crippen molar-refractivity contribution in [2.24, 2.45) is 0 Å². The van der Waals surface area contributed by atoms with E-state index in [2.05, 4.69) is 34.0 Å². The summed E-state index contributed by atoms with van der Waals surface area (Å²) in [6, 6.07) is 10.2. The van der Waals surface area contributed by atoms with Crippen LogP contribution in [0.25, 0.3) is 11.0 Å². The lowest BCUT2D eigenvalue weighted by molar-refractivity contribution is 0.560. The second-order valence-corrected chi connectivity index (χ2v) is 6.21. The number of rotatable bonds is 4. The first-order valence-electron chi connectivity index (χ1n) is 6.67. The van der Waals surface area contributed by atoms with Crippen molar-refractivity contribution in [2.45, 2.75) is 25.8 Å². The van der Waals surface area contributed by atoms with Crippen LogP contribution in [0.5, 0.6) is 0 Å². The summed E-state index contributed by atoms with van der Waals surface area (Å²) in [5.74, 6) is 0.550. The molecular formula is C15H16ClN3S. The minimum atomic E-state index is 0.225. The largest absolute Gasteiger partial charge is 0.369 e. The van der Waals surface area contributed by atoms with E-state index in [-0.39, 0.29) is 6.04 Å². The fraction of sp³-hybridized carbons (Fsp3) is 0.267. The summed E-state index contributed by atoms with van der Waals surface area (Å²) in [6.07, 6.45) is 2.12. The zero-order chi connectivity index (χ0) is 14.1. The molecule has 1 atom stereocenters. The maximum absolute atomic E-state index is 6.15. The topological polar surface area (TPSA) is 43.8 Å². The van der Waals surface area contributed by atoms with Gasteiger partial charge < -0.3 is 10.3 Å². The third-order valence-electron chi connectivity index (χ3n) is 3.42. The number of aromatic nitrogens is 2. The van der Waals surface area contributed by atoms with Gasteiger partial charge in [0.25, 0.3) is 0 Å². The molecule has 0 fully saturated rings. The predicted octanol–water partition coefficient (Wildman–Crippen LogP) is 4.72. The molecule has 0 bridgehead atoms. The van der Waals surface area contributed by atoms with Crippen LogP contribution in [-0.2, 0) is 0 Å². The number of nitrogens with two attached hydrogens (primary N) is 1. The number of benzene rings is 1. The lowest BCUT2D eigenvalue weighted by Crippen LogP contribution is -2.12. The van der Waals surface area contributed by atoms with Crippen LogP contribution in [0.4, 0.5) is 5.95 Å². The van der Waals surface area contributed by atoms with E-state index < -0.39 is 0 Å². The maximum atomic E-state index is 6.15. The molecule has 2 N–H and O–H groups in total. The van der Waals surface area contributed by atoms with E-state index in [9.17, 15) is 0 Å².